The van der Waals surface area contributed by atoms with Gasteiger partial charge < -0.3 is 15.0 Å². The van der Waals surface area contributed by atoms with E-state index in [0.29, 0.717) is 29.7 Å². The Morgan fingerprint density at radius 3 is 2.09 bits per heavy atom. The summed E-state index contributed by atoms with van der Waals surface area (Å²) >= 11 is 6.19. The molecule has 0 saturated heterocycles. The Bertz CT molecular complexity index is 1060. The molecule has 0 aliphatic carbocycles. The highest BCUT2D eigenvalue weighted by Gasteiger charge is 2.30. The lowest BCUT2D eigenvalue weighted by atomic mass is 10.0. The molecule has 178 valence electrons. The van der Waals surface area contributed by atoms with Crippen molar-refractivity contribution in [1.29, 1.82) is 0 Å². The molecule has 0 fully saturated rings. The summed E-state index contributed by atoms with van der Waals surface area (Å²) in [7, 11) is 0. The second kappa shape index (κ2) is 12.8. The normalized spacial score (nSPS) is 11.6. The first kappa shape index (κ1) is 25.3. The molecule has 2 amide bonds. The minimum Gasteiger partial charge on any atom is -0.482 e. The van der Waals surface area contributed by atoms with Gasteiger partial charge in [0.2, 0.25) is 5.91 Å². The first-order valence-electron chi connectivity index (χ1n) is 11.5. The van der Waals surface area contributed by atoms with E-state index >= 15 is 0 Å². The highest BCUT2D eigenvalue weighted by molar-refractivity contribution is 6.32. The third-order valence-electron chi connectivity index (χ3n) is 5.34. The number of benzene rings is 3. The number of amides is 2. The third-order valence-corrected chi connectivity index (χ3v) is 5.65. The number of hydrogen-bond donors (Lipinski definition) is 1. The molecule has 1 N–H and O–H groups in total. The van der Waals surface area contributed by atoms with Gasteiger partial charge in [0.15, 0.2) is 6.61 Å². The van der Waals surface area contributed by atoms with Crippen molar-refractivity contribution in [2.24, 2.45) is 5.92 Å². The Morgan fingerprint density at radius 1 is 0.882 bits per heavy atom. The van der Waals surface area contributed by atoms with Crippen molar-refractivity contribution < 1.29 is 14.3 Å². The van der Waals surface area contributed by atoms with E-state index in [4.69, 9.17) is 16.3 Å². The van der Waals surface area contributed by atoms with E-state index in [0.717, 1.165) is 11.1 Å². The summed E-state index contributed by atoms with van der Waals surface area (Å²) in [5, 5.41) is 3.44. The van der Waals surface area contributed by atoms with Gasteiger partial charge in [0.05, 0.1) is 5.02 Å². The number of ether oxygens (including phenoxy) is 1. The number of carbonyl (C=O) groups excluding carboxylic acids is 2. The van der Waals surface area contributed by atoms with Crippen LogP contribution in [0.5, 0.6) is 5.75 Å². The summed E-state index contributed by atoms with van der Waals surface area (Å²) < 4.78 is 5.74. The number of nitrogens with one attached hydrogen (secondary N) is 1. The molecule has 6 heteroatoms. The Hall–Kier alpha value is -3.31. The summed E-state index contributed by atoms with van der Waals surface area (Å²) in [6.07, 6.45) is 0.398. The fraction of sp³-hybridized carbons (Fsp3) is 0.286. The summed E-state index contributed by atoms with van der Waals surface area (Å²) in [4.78, 5) is 28.4. The average Bonchev–Trinajstić information content (AvgIpc) is 2.85. The van der Waals surface area contributed by atoms with Gasteiger partial charge in [0.1, 0.15) is 11.8 Å². The lowest BCUT2D eigenvalue weighted by Crippen LogP contribution is -2.52. The summed E-state index contributed by atoms with van der Waals surface area (Å²) in [6, 6.07) is 25.7. The second-order valence-electron chi connectivity index (χ2n) is 8.57. The Morgan fingerprint density at radius 2 is 1.47 bits per heavy atom. The third kappa shape index (κ3) is 7.63. The molecular formula is C28H31ClN2O3. The van der Waals surface area contributed by atoms with Gasteiger partial charge in [-0.25, -0.2) is 0 Å². The number of halogens is 1. The highest BCUT2D eigenvalue weighted by Crippen LogP contribution is 2.23. The molecule has 1 atom stereocenters. The van der Waals surface area contributed by atoms with Gasteiger partial charge in [-0.3, -0.25) is 9.59 Å². The van der Waals surface area contributed by atoms with E-state index in [1.807, 2.05) is 74.5 Å². The van der Waals surface area contributed by atoms with E-state index in [1.165, 1.54) is 0 Å². The van der Waals surface area contributed by atoms with Crippen LogP contribution in [-0.2, 0) is 22.6 Å². The summed E-state index contributed by atoms with van der Waals surface area (Å²) in [5.41, 5.74) is 1.91. The van der Waals surface area contributed by atoms with E-state index in [2.05, 4.69) is 5.32 Å². The van der Waals surface area contributed by atoms with Gasteiger partial charge in [-0.15, -0.1) is 0 Å². The van der Waals surface area contributed by atoms with Gasteiger partial charge in [0, 0.05) is 19.5 Å². The lowest BCUT2D eigenvalue weighted by molar-refractivity contribution is -0.142. The van der Waals surface area contributed by atoms with Crippen LogP contribution in [0.25, 0.3) is 0 Å². The molecule has 0 unspecified atom stereocenters. The molecule has 0 aromatic heterocycles. The molecule has 0 saturated carbocycles. The van der Waals surface area contributed by atoms with Crippen molar-refractivity contribution >= 4 is 23.4 Å². The van der Waals surface area contributed by atoms with Crippen molar-refractivity contribution in [1.82, 2.24) is 10.2 Å². The number of nitrogens with zero attached hydrogens (tertiary/aromatic N) is 1. The molecular weight excluding hydrogens is 448 g/mol. The van der Waals surface area contributed by atoms with E-state index < -0.39 is 6.04 Å². The minimum atomic E-state index is -0.691. The van der Waals surface area contributed by atoms with Crippen LogP contribution < -0.4 is 10.1 Å². The van der Waals surface area contributed by atoms with Crippen LogP contribution in [0.1, 0.15) is 25.0 Å². The van der Waals surface area contributed by atoms with Crippen molar-refractivity contribution in [2.45, 2.75) is 32.9 Å². The zero-order valence-electron chi connectivity index (χ0n) is 19.6. The fourth-order valence-electron chi connectivity index (χ4n) is 3.54. The lowest BCUT2D eigenvalue weighted by Gasteiger charge is -2.31. The summed E-state index contributed by atoms with van der Waals surface area (Å²) in [5.74, 6) is 0.258. The Kier molecular flexibility index (Phi) is 9.53. The maximum absolute atomic E-state index is 13.5. The SMILES string of the molecule is CC(C)CNC(=O)[C@@H](Cc1ccccc1)N(Cc1ccccc1)C(=O)COc1ccccc1Cl. The predicted molar refractivity (Wildman–Crippen MR) is 136 cm³/mol. The van der Waals surface area contributed by atoms with Gasteiger partial charge in [-0.1, -0.05) is 98.2 Å². The zero-order chi connectivity index (χ0) is 24.3. The monoisotopic (exact) mass is 478 g/mol. The zero-order valence-corrected chi connectivity index (χ0v) is 20.4. The average molecular weight is 479 g/mol. The molecule has 0 aliphatic rings. The van der Waals surface area contributed by atoms with Crippen molar-refractivity contribution in [3.05, 3.63) is 101 Å². The molecule has 0 radical (unpaired) electrons. The Balaban J connectivity index is 1.88. The number of carbonyl (C=O) groups is 2. The van der Waals surface area contributed by atoms with Crippen LogP contribution in [-0.4, -0.2) is 35.9 Å². The Labute approximate surface area is 206 Å². The number of hydrogen-bond acceptors (Lipinski definition) is 3. The van der Waals surface area contributed by atoms with Gasteiger partial charge >= 0.3 is 0 Å². The van der Waals surface area contributed by atoms with E-state index in [9.17, 15) is 9.59 Å². The fourth-order valence-corrected chi connectivity index (χ4v) is 3.73. The molecule has 34 heavy (non-hydrogen) atoms. The molecule has 0 bridgehead atoms. The van der Waals surface area contributed by atoms with Crippen LogP contribution >= 0.6 is 11.6 Å². The largest absolute Gasteiger partial charge is 0.482 e. The molecule has 0 spiro atoms. The standard InChI is InChI=1S/C28H31ClN2O3/c1-21(2)18-30-28(33)25(17-22-11-5-3-6-12-22)31(19-23-13-7-4-8-14-23)27(32)20-34-26-16-10-9-15-24(26)29/h3-16,21,25H,17-20H2,1-2H3,(H,30,33)/t25-/m1/s1. The summed E-state index contributed by atoms with van der Waals surface area (Å²) in [6.45, 7) is 4.68. The minimum absolute atomic E-state index is 0.181. The number of para-hydroxylation sites is 1. The van der Waals surface area contributed by atoms with Crippen LogP contribution in [0.3, 0.4) is 0 Å². The van der Waals surface area contributed by atoms with Crippen LogP contribution in [0.2, 0.25) is 5.02 Å². The van der Waals surface area contributed by atoms with E-state index in [1.54, 1.807) is 29.2 Å². The van der Waals surface area contributed by atoms with Crippen LogP contribution in [0, 0.1) is 5.92 Å². The van der Waals surface area contributed by atoms with Crippen molar-refractivity contribution in [3.63, 3.8) is 0 Å². The predicted octanol–water partition coefficient (Wildman–Crippen LogP) is 5.13. The van der Waals surface area contributed by atoms with Crippen LogP contribution in [0.15, 0.2) is 84.9 Å². The first-order chi connectivity index (χ1) is 16.4. The van der Waals surface area contributed by atoms with Crippen molar-refractivity contribution in [2.75, 3.05) is 13.2 Å². The van der Waals surface area contributed by atoms with Crippen molar-refractivity contribution in [3.8, 4) is 5.75 Å². The van der Waals surface area contributed by atoms with Gasteiger partial charge in [-0.2, -0.15) is 0 Å². The molecule has 0 heterocycles. The van der Waals surface area contributed by atoms with Gasteiger partial charge in [-0.05, 0) is 29.2 Å². The molecule has 5 nitrogen and oxygen atoms in total. The molecule has 3 aromatic carbocycles. The maximum Gasteiger partial charge on any atom is 0.261 e. The molecule has 3 rings (SSSR count). The second-order valence-corrected chi connectivity index (χ2v) is 8.98. The smallest absolute Gasteiger partial charge is 0.261 e. The highest BCUT2D eigenvalue weighted by atomic mass is 35.5. The quantitative estimate of drug-likeness (QED) is 0.415. The first-order valence-corrected chi connectivity index (χ1v) is 11.8. The van der Waals surface area contributed by atoms with Gasteiger partial charge in [0.25, 0.3) is 5.91 Å². The van der Waals surface area contributed by atoms with Crippen LogP contribution in [0.4, 0.5) is 0 Å². The topological polar surface area (TPSA) is 58.6 Å². The molecule has 0 aliphatic heterocycles. The maximum atomic E-state index is 13.5. The molecule has 3 aromatic rings. The van der Waals surface area contributed by atoms with E-state index in [-0.39, 0.29) is 25.0 Å². The number of rotatable bonds is 11.